The third kappa shape index (κ3) is 4.24. The largest absolute Gasteiger partial charge is 0.477 e. The SMILES string of the molecule is O=C(COc1ccccc1[N+](=O)[O-])N[C@@H]1CCSc2ccc(Cl)cc21. The van der Waals surface area contributed by atoms with E-state index in [0.29, 0.717) is 5.02 Å². The van der Waals surface area contributed by atoms with Crippen molar-refractivity contribution in [2.24, 2.45) is 0 Å². The van der Waals surface area contributed by atoms with Crippen molar-refractivity contribution in [3.8, 4) is 5.75 Å². The molecule has 1 aliphatic heterocycles. The molecule has 1 N–H and O–H groups in total. The van der Waals surface area contributed by atoms with Crippen LogP contribution in [-0.4, -0.2) is 23.2 Å². The van der Waals surface area contributed by atoms with Gasteiger partial charge in [-0.2, -0.15) is 0 Å². The zero-order valence-corrected chi connectivity index (χ0v) is 14.7. The zero-order chi connectivity index (χ0) is 17.8. The predicted octanol–water partition coefficient (Wildman–Crippen LogP) is 3.98. The highest BCUT2D eigenvalue weighted by atomic mass is 35.5. The van der Waals surface area contributed by atoms with Crippen molar-refractivity contribution in [2.75, 3.05) is 12.4 Å². The molecule has 0 fully saturated rings. The Balaban J connectivity index is 1.65. The fraction of sp³-hybridized carbons (Fsp3) is 0.235. The van der Waals surface area contributed by atoms with E-state index in [1.54, 1.807) is 23.9 Å². The molecular weight excluding hydrogens is 364 g/mol. The maximum atomic E-state index is 12.2. The Kier molecular flexibility index (Phi) is 5.45. The first kappa shape index (κ1) is 17.6. The average molecular weight is 379 g/mol. The van der Waals surface area contributed by atoms with Crippen LogP contribution in [0, 0.1) is 10.1 Å². The molecular formula is C17H15ClN2O4S. The second-order valence-corrected chi connectivity index (χ2v) is 7.03. The lowest BCUT2D eigenvalue weighted by molar-refractivity contribution is -0.385. The van der Waals surface area contributed by atoms with E-state index in [2.05, 4.69) is 5.32 Å². The summed E-state index contributed by atoms with van der Waals surface area (Å²) < 4.78 is 5.33. The number of amides is 1. The van der Waals surface area contributed by atoms with Gasteiger partial charge in [-0.15, -0.1) is 11.8 Å². The van der Waals surface area contributed by atoms with Crippen molar-refractivity contribution in [3.05, 3.63) is 63.2 Å². The predicted molar refractivity (Wildman–Crippen MR) is 96.3 cm³/mol. The fourth-order valence-electron chi connectivity index (χ4n) is 2.62. The molecule has 0 aromatic heterocycles. The van der Waals surface area contributed by atoms with Crippen molar-refractivity contribution in [3.63, 3.8) is 0 Å². The number of carbonyl (C=O) groups is 1. The highest BCUT2D eigenvalue weighted by Gasteiger charge is 2.23. The van der Waals surface area contributed by atoms with Crippen LogP contribution in [0.25, 0.3) is 0 Å². The van der Waals surface area contributed by atoms with Gasteiger partial charge >= 0.3 is 5.69 Å². The van der Waals surface area contributed by atoms with E-state index in [9.17, 15) is 14.9 Å². The first-order valence-electron chi connectivity index (χ1n) is 7.62. The molecule has 0 unspecified atom stereocenters. The molecule has 0 saturated carbocycles. The average Bonchev–Trinajstić information content (AvgIpc) is 2.60. The number of fused-ring (bicyclic) bond motifs is 1. The van der Waals surface area contributed by atoms with Gasteiger partial charge in [-0.25, -0.2) is 0 Å². The summed E-state index contributed by atoms with van der Waals surface area (Å²) >= 11 is 7.78. The molecule has 0 bridgehead atoms. The van der Waals surface area contributed by atoms with Gasteiger partial charge in [0, 0.05) is 21.7 Å². The van der Waals surface area contributed by atoms with Gasteiger partial charge in [-0.3, -0.25) is 14.9 Å². The summed E-state index contributed by atoms with van der Waals surface area (Å²) in [7, 11) is 0. The summed E-state index contributed by atoms with van der Waals surface area (Å²) in [6.07, 6.45) is 0.787. The van der Waals surface area contributed by atoms with Crippen molar-refractivity contribution >= 4 is 35.0 Å². The number of thioether (sulfide) groups is 1. The fourth-order valence-corrected chi connectivity index (χ4v) is 3.91. The van der Waals surface area contributed by atoms with Gasteiger partial charge in [0.25, 0.3) is 5.91 Å². The number of hydrogen-bond acceptors (Lipinski definition) is 5. The first-order chi connectivity index (χ1) is 12.0. The van der Waals surface area contributed by atoms with Gasteiger partial charge in [0.2, 0.25) is 0 Å². The van der Waals surface area contributed by atoms with Crippen molar-refractivity contribution < 1.29 is 14.5 Å². The van der Waals surface area contributed by atoms with E-state index in [1.807, 2.05) is 18.2 Å². The summed E-state index contributed by atoms with van der Waals surface area (Å²) in [5, 5.41) is 14.5. The van der Waals surface area contributed by atoms with Gasteiger partial charge in [-0.05, 0) is 36.2 Å². The quantitative estimate of drug-likeness (QED) is 0.628. The lowest BCUT2D eigenvalue weighted by atomic mass is 10.0. The van der Waals surface area contributed by atoms with Crippen LogP contribution >= 0.6 is 23.4 Å². The van der Waals surface area contributed by atoms with E-state index in [1.165, 1.54) is 12.1 Å². The molecule has 130 valence electrons. The smallest absolute Gasteiger partial charge is 0.310 e. The van der Waals surface area contributed by atoms with E-state index >= 15 is 0 Å². The second-order valence-electron chi connectivity index (χ2n) is 5.45. The maximum Gasteiger partial charge on any atom is 0.310 e. The number of para-hydroxylation sites is 2. The molecule has 3 rings (SSSR count). The molecule has 0 saturated heterocycles. The van der Waals surface area contributed by atoms with Gasteiger partial charge in [0.05, 0.1) is 11.0 Å². The van der Waals surface area contributed by atoms with Crippen LogP contribution in [-0.2, 0) is 4.79 Å². The number of benzene rings is 2. The number of hydrogen-bond donors (Lipinski definition) is 1. The highest BCUT2D eigenvalue weighted by molar-refractivity contribution is 7.99. The summed E-state index contributed by atoms with van der Waals surface area (Å²) in [5.74, 6) is 0.635. The third-order valence-corrected chi connectivity index (χ3v) is 5.12. The van der Waals surface area contributed by atoms with E-state index in [-0.39, 0.29) is 30.0 Å². The summed E-state index contributed by atoms with van der Waals surface area (Å²) in [5.41, 5.74) is 0.823. The normalized spacial score (nSPS) is 16.0. The molecule has 2 aromatic carbocycles. The number of nitrogens with one attached hydrogen (secondary N) is 1. The van der Waals surface area contributed by atoms with Gasteiger partial charge < -0.3 is 10.1 Å². The Bertz CT molecular complexity index is 815. The van der Waals surface area contributed by atoms with Crippen molar-refractivity contribution in [1.29, 1.82) is 0 Å². The number of rotatable bonds is 5. The van der Waals surface area contributed by atoms with Gasteiger partial charge in [0.1, 0.15) is 0 Å². The standard InChI is InChI=1S/C17H15ClN2O4S/c18-11-5-6-16-12(9-11)13(7-8-25-16)19-17(21)10-24-15-4-2-1-3-14(15)20(22)23/h1-6,9,13H,7-8,10H2,(H,19,21)/t13-/m1/s1. The molecule has 2 aromatic rings. The first-order valence-corrected chi connectivity index (χ1v) is 8.99. The van der Waals surface area contributed by atoms with E-state index in [4.69, 9.17) is 16.3 Å². The molecule has 6 nitrogen and oxygen atoms in total. The molecule has 0 aliphatic carbocycles. The van der Waals surface area contributed by atoms with Crippen LogP contribution in [0.15, 0.2) is 47.4 Å². The number of carbonyl (C=O) groups excluding carboxylic acids is 1. The molecule has 0 spiro atoms. The molecule has 1 aliphatic rings. The van der Waals surface area contributed by atoms with E-state index < -0.39 is 4.92 Å². The Morgan fingerprint density at radius 2 is 2.16 bits per heavy atom. The Hall–Kier alpha value is -2.25. The molecule has 1 amide bonds. The second kappa shape index (κ2) is 7.76. The highest BCUT2D eigenvalue weighted by Crippen LogP contribution is 2.37. The molecule has 8 heteroatoms. The number of nitrogens with zero attached hydrogens (tertiary/aromatic N) is 1. The molecule has 1 heterocycles. The minimum absolute atomic E-state index is 0.0743. The van der Waals surface area contributed by atoms with Crippen LogP contribution in [0.5, 0.6) is 5.75 Å². The monoisotopic (exact) mass is 378 g/mol. The van der Waals surface area contributed by atoms with Crippen molar-refractivity contribution in [1.82, 2.24) is 5.32 Å². The van der Waals surface area contributed by atoms with Crippen LogP contribution in [0.3, 0.4) is 0 Å². The third-order valence-electron chi connectivity index (χ3n) is 3.77. The molecule has 25 heavy (non-hydrogen) atoms. The van der Waals surface area contributed by atoms with Gasteiger partial charge in [-0.1, -0.05) is 23.7 Å². The summed E-state index contributed by atoms with van der Waals surface area (Å²) in [4.78, 5) is 23.7. The minimum atomic E-state index is -0.538. The lowest BCUT2D eigenvalue weighted by Gasteiger charge is -2.26. The lowest BCUT2D eigenvalue weighted by Crippen LogP contribution is -2.34. The summed E-state index contributed by atoms with van der Waals surface area (Å²) in [6.45, 7) is -0.287. The Labute approximate surface area is 153 Å². The van der Waals surface area contributed by atoms with Crippen LogP contribution in [0.2, 0.25) is 5.02 Å². The maximum absolute atomic E-state index is 12.2. The summed E-state index contributed by atoms with van der Waals surface area (Å²) in [6, 6.07) is 11.5. The topological polar surface area (TPSA) is 81.5 Å². The number of ether oxygens (including phenoxy) is 1. The van der Waals surface area contributed by atoms with Crippen LogP contribution in [0.1, 0.15) is 18.0 Å². The zero-order valence-electron chi connectivity index (χ0n) is 13.1. The van der Waals surface area contributed by atoms with Crippen LogP contribution < -0.4 is 10.1 Å². The Morgan fingerprint density at radius 1 is 1.36 bits per heavy atom. The van der Waals surface area contributed by atoms with E-state index in [0.717, 1.165) is 22.6 Å². The number of nitro benzene ring substituents is 1. The Morgan fingerprint density at radius 3 is 2.96 bits per heavy atom. The van der Waals surface area contributed by atoms with Crippen molar-refractivity contribution in [2.45, 2.75) is 17.4 Å². The minimum Gasteiger partial charge on any atom is -0.477 e. The molecule has 0 radical (unpaired) electrons. The molecule has 1 atom stereocenters. The van der Waals surface area contributed by atoms with Gasteiger partial charge in [0.15, 0.2) is 12.4 Å². The number of nitro groups is 1. The van der Waals surface area contributed by atoms with Crippen LogP contribution in [0.4, 0.5) is 5.69 Å². The number of halogens is 1.